The highest BCUT2D eigenvalue weighted by molar-refractivity contribution is 9.10. The fourth-order valence-electron chi connectivity index (χ4n) is 1.69. The molecule has 2 aromatic carbocycles. The molecular formula is C14H13BrClNO2S. The van der Waals surface area contributed by atoms with Gasteiger partial charge in [0.05, 0.1) is 10.8 Å². The van der Waals surface area contributed by atoms with Crippen LogP contribution in [0.3, 0.4) is 0 Å². The summed E-state index contributed by atoms with van der Waals surface area (Å²) < 4.78 is 27.2. The van der Waals surface area contributed by atoms with Crippen LogP contribution in [0.5, 0.6) is 0 Å². The van der Waals surface area contributed by atoms with Crippen molar-refractivity contribution in [3.63, 3.8) is 0 Å². The molecule has 0 radical (unpaired) electrons. The molecule has 0 aliphatic heterocycles. The van der Waals surface area contributed by atoms with E-state index >= 15 is 0 Å². The van der Waals surface area contributed by atoms with Gasteiger partial charge in [-0.25, -0.2) is 8.42 Å². The molecule has 0 aromatic heterocycles. The van der Waals surface area contributed by atoms with E-state index in [1.54, 1.807) is 18.2 Å². The van der Waals surface area contributed by atoms with Gasteiger partial charge in [0, 0.05) is 10.2 Å². The normalized spacial score (nSPS) is 11.3. The molecule has 0 spiro atoms. The molecule has 0 saturated carbocycles. The molecule has 0 unspecified atom stereocenters. The van der Waals surface area contributed by atoms with Crippen LogP contribution in [-0.4, -0.2) is 14.2 Å². The lowest BCUT2D eigenvalue weighted by Gasteiger charge is -2.09. The standard InChI is InChI=1S/C14H13BrClNO2S/c15-13-10-12(6-7-14(13)16)17-20(18,19)9-8-11-4-2-1-3-5-11/h1-7,10,17H,8-9H2. The quantitative estimate of drug-likeness (QED) is 0.857. The number of rotatable bonds is 5. The Balaban J connectivity index is 2.02. The van der Waals surface area contributed by atoms with Gasteiger partial charge in [0.25, 0.3) is 0 Å². The lowest BCUT2D eigenvalue weighted by Crippen LogP contribution is -2.18. The van der Waals surface area contributed by atoms with Gasteiger partial charge in [-0.3, -0.25) is 4.72 Å². The van der Waals surface area contributed by atoms with E-state index in [1.165, 1.54) is 0 Å². The lowest BCUT2D eigenvalue weighted by molar-refractivity contribution is 0.600. The van der Waals surface area contributed by atoms with Crippen LogP contribution in [0.2, 0.25) is 5.02 Å². The van der Waals surface area contributed by atoms with Crippen molar-refractivity contribution in [2.24, 2.45) is 0 Å². The molecule has 0 amide bonds. The molecular weight excluding hydrogens is 362 g/mol. The lowest BCUT2D eigenvalue weighted by atomic mass is 10.2. The minimum atomic E-state index is -3.38. The molecule has 0 saturated heterocycles. The molecule has 3 nitrogen and oxygen atoms in total. The maximum absolute atomic E-state index is 12.0. The Morgan fingerprint density at radius 2 is 1.80 bits per heavy atom. The van der Waals surface area contributed by atoms with Crippen molar-refractivity contribution in [3.8, 4) is 0 Å². The third kappa shape index (κ3) is 4.51. The molecule has 0 aliphatic carbocycles. The number of benzene rings is 2. The van der Waals surface area contributed by atoms with Crippen molar-refractivity contribution in [1.29, 1.82) is 0 Å². The number of anilines is 1. The van der Waals surface area contributed by atoms with E-state index in [-0.39, 0.29) is 5.75 Å². The van der Waals surface area contributed by atoms with Gasteiger partial charge in [-0.2, -0.15) is 0 Å². The predicted octanol–water partition coefficient (Wildman–Crippen LogP) is 4.09. The van der Waals surface area contributed by atoms with Crippen LogP contribution in [0.25, 0.3) is 0 Å². The average Bonchev–Trinajstić information content (AvgIpc) is 2.42. The van der Waals surface area contributed by atoms with Crippen molar-refractivity contribution in [2.75, 3.05) is 10.5 Å². The minimum Gasteiger partial charge on any atom is -0.284 e. The van der Waals surface area contributed by atoms with Crippen LogP contribution in [0, 0.1) is 0 Å². The van der Waals surface area contributed by atoms with Crippen molar-refractivity contribution in [3.05, 3.63) is 63.6 Å². The smallest absolute Gasteiger partial charge is 0.233 e. The summed E-state index contributed by atoms with van der Waals surface area (Å²) in [6, 6.07) is 14.4. The van der Waals surface area contributed by atoms with E-state index in [0.29, 0.717) is 21.6 Å². The van der Waals surface area contributed by atoms with E-state index in [4.69, 9.17) is 11.6 Å². The van der Waals surface area contributed by atoms with Crippen molar-refractivity contribution in [1.82, 2.24) is 0 Å². The largest absolute Gasteiger partial charge is 0.284 e. The first-order valence-corrected chi connectivity index (χ1v) is 8.78. The number of nitrogens with one attached hydrogen (secondary N) is 1. The first-order valence-electron chi connectivity index (χ1n) is 5.96. The number of halogens is 2. The number of hydrogen-bond donors (Lipinski definition) is 1. The number of sulfonamides is 1. The van der Waals surface area contributed by atoms with Crippen LogP contribution in [0.15, 0.2) is 53.0 Å². The summed E-state index contributed by atoms with van der Waals surface area (Å²) in [5.74, 6) is 0.0389. The SMILES string of the molecule is O=S(=O)(CCc1ccccc1)Nc1ccc(Cl)c(Br)c1. The number of aryl methyl sites for hydroxylation is 1. The molecule has 2 aromatic rings. The van der Waals surface area contributed by atoms with Crippen LogP contribution in [0.4, 0.5) is 5.69 Å². The molecule has 0 atom stereocenters. The van der Waals surface area contributed by atoms with Gasteiger partial charge in [-0.15, -0.1) is 0 Å². The zero-order chi connectivity index (χ0) is 14.6. The highest BCUT2D eigenvalue weighted by Gasteiger charge is 2.11. The topological polar surface area (TPSA) is 46.2 Å². The molecule has 0 aliphatic rings. The monoisotopic (exact) mass is 373 g/mol. The Morgan fingerprint density at radius 1 is 1.10 bits per heavy atom. The molecule has 2 rings (SSSR count). The minimum absolute atomic E-state index is 0.0389. The third-order valence-electron chi connectivity index (χ3n) is 2.70. The first kappa shape index (κ1) is 15.4. The summed E-state index contributed by atoms with van der Waals surface area (Å²) in [6.07, 6.45) is 0.477. The Labute approximate surface area is 132 Å². The van der Waals surface area contributed by atoms with E-state index < -0.39 is 10.0 Å². The Kier molecular flexibility index (Phi) is 5.07. The Bertz CT molecular complexity index is 690. The van der Waals surface area contributed by atoms with Gasteiger partial charge < -0.3 is 0 Å². The van der Waals surface area contributed by atoms with Crippen LogP contribution >= 0.6 is 27.5 Å². The molecule has 106 valence electrons. The second kappa shape index (κ2) is 6.61. The molecule has 20 heavy (non-hydrogen) atoms. The van der Waals surface area contributed by atoms with Gasteiger partial charge in [-0.1, -0.05) is 41.9 Å². The zero-order valence-electron chi connectivity index (χ0n) is 10.5. The van der Waals surface area contributed by atoms with Crippen molar-refractivity contribution >= 4 is 43.2 Å². The van der Waals surface area contributed by atoms with E-state index in [0.717, 1.165) is 5.56 Å². The highest BCUT2D eigenvalue weighted by atomic mass is 79.9. The summed E-state index contributed by atoms with van der Waals surface area (Å²) in [6.45, 7) is 0. The number of hydrogen-bond acceptors (Lipinski definition) is 2. The summed E-state index contributed by atoms with van der Waals surface area (Å²) >= 11 is 9.13. The fraction of sp³-hybridized carbons (Fsp3) is 0.143. The zero-order valence-corrected chi connectivity index (χ0v) is 13.7. The Hall–Kier alpha value is -1.04. The van der Waals surface area contributed by atoms with Crippen LogP contribution < -0.4 is 4.72 Å². The van der Waals surface area contributed by atoms with Crippen molar-refractivity contribution in [2.45, 2.75) is 6.42 Å². The Morgan fingerprint density at radius 3 is 2.45 bits per heavy atom. The molecule has 0 heterocycles. The summed E-state index contributed by atoms with van der Waals surface area (Å²) in [4.78, 5) is 0. The molecule has 1 N–H and O–H groups in total. The van der Waals surface area contributed by atoms with Crippen LogP contribution in [0.1, 0.15) is 5.56 Å². The fourth-order valence-corrected chi connectivity index (χ4v) is 3.28. The van der Waals surface area contributed by atoms with E-state index in [9.17, 15) is 8.42 Å². The maximum Gasteiger partial charge on any atom is 0.233 e. The van der Waals surface area contributed by atoms with Crippen molar-refractivity contribution < 1.29 is 8.42 Å². The summed E-state index contributed by atoms with van der Waals surface area (Å²) in [7, 11) is -3.38. The van der Waals surface area contributed by atoms with Gasteiger partial charge in [-0.05, 0) is 46.1 Å². The first-order chi connectivity index (χ1) is 9.46. The molecule has 0 fully saturated rings. The van der Waals surface area contributed by atoms with Crippen LogP contribution in [-0.2, 0) is 16.4 Å². The van der Waals surface area contributed by atoms with Gasteiger partial charge in [0.1, 0.15) is 0 Å². The highest BCUT2D eigenvalue weighted by Crippen LogP contribution is 2.26. The second-order valence-corrected chi connectivity index (χ2v) is 7.39. The third-order valence-corrected chi connectivity index (χ3v) is 5.20. The summed E-state index contributed by atoms with van der Waals surface area (Å²) in [5.41, 5.74) is 1.49. The van der Waals surface area contributed by atoms with Gasteiger partial charge >= 0.3 is 0 Å². The summed E-state index contributed by atoms with van der Waals surface area (Å²) in [5, 5.41) is 0.539. The molecule has 6 heteroatoms. The predicted molar refractivity (Wildman–Crippen MR) is 86.7 cm³/mol. The van der Waals surface area contributed by atoms with E-state index in [2.05, 4.69) is 20.7 Å². The van der Waals surface area contributed by atoms with Gasteiger partial charge in [0.15, 0.2) is 0 Å². The van der Waals surface area contributed by atoms with E-state index in [1.807, 2.05) is 30.3 Å². The maximum atomic E-state index is 12.0. The molecule has 0 bridgehead atoms. The van der Waals surface area contributed by atoms with Gasteiger partial charge in [0.2, 0.25) is 10.0 Å². The average molecular weight is 375 g/mol. The second-order valence-electron chi connectivity index (χ2n) is 4.29.